The minimum atomic E-state index is 0.183. The smallest absolute Gasteiger partial charge is 0.101 e. The minimum Gasteiger partial charge on any atom is -0.292 e. The highest BCUT2D eigenvalue weighted by Gasteiger charge is 2.27. The van der Waals surface area contributed by atoms with Gasteiger partial charge in [0.2, 0.25) is 0 Å². The van der Waals surface area contributed by atoms with Crippen molar-refractivity contribution < 1.29 is 0 Å². The first-order valence-corrected chi connectivity index (χ1v) is 9.76. The summed E-state index contributed by atoms with van der Waals surface area (Å²) in [6.07, 6.45) is 5.77. The van der Waals surface area contributed by atoms with E-state index < -0.39 is 0 Å². The Hall–Kier alpha value is -1.32. The van der Waals surface area contributed by atoms with E-state index in [4.69, 9.17) is 4.98 Å². The highest BCUT2D eigenvalue weighted by atomic mass is 32.2. The Morgan fingerprint density at radius 2 is 1.88 bits per heavy atom. The lowest BCUT2D eigenvalue weighted by Gasteiger charge is -2.37. The number of likely N-dealkylation sites (tertiary alicyclic amines) is 1. The molecule has 1 saturated heterocycles. The fourth-order valence-electron chi connectivity index (χ4n) is 3.38. The van der Waals surface area contributed by atoms with Crippen molar-refractivity contribution in [3.8, 4) is 0 Å². The topological polar surface area (TPSA) is 16.1 Å². The van der Waals surface area contributed by atoms with E-state index in [2.05, 4.69) is 68.1 Å². The zero-order chi connectivity index (χ0) is 17.0. The Labute approximate surface area is 150 Å². The lowest BCUT2D eigenvalue weighted by Crippen LogP contribution is -2.33. The molecule has 1 fully saturated rings. The Bertz CT molecular complexity index is 648. The summed E-state index contributed by atoms with van der Waals surface area (Å²) in [6.45, 7) is 8.99. The Morgan fingerprint density at radius 3 is 2.62 bits per heavy atom. The van der Waals surface area contributed by atoms with Crippen LogP contribution >= 0.6 is 11.8 Å². The van der Waals surface area contributed by atoms with Crippen molar-refractivity contribution in [2.24, 2.45) is 0 Å². The number of piperidine rings is 1. The van der Waals surface area contributed by atoms with Gasteiger partial charge in [0.25, 0.3) is 0 Å². The SMILES string of the molecule is CC(C)(C)Sc1ncccc1[C@H]1CCCCN1Cc1ccccc1. The molecule has 0 unspecified atom stereocenters. The zero-order valence-electron chi connectivity index (χ0n) is 15.0. The molecule has 2 aromatic rings. The van der Waals surface area contributed by atoms with Gasteiger partial charge in [0, 0.05) is 29.1 Å². The molecular formula is C21H28N2S. The summed E-state index contributed by atoms with van der Waals surface area (Å²) in [7, 11) is 0. The molecule has 2 heterocycles. The second kappa shape index (κ2) is 7.71. The molecule has 0 spiro atoms. The summed E-state index contributed by atoms with van der Waals surface area (Å²) >= 11 is 1.89. The highest BCUT2D eigenvalue weighted by Crippen LogP contribution is 2.40. The average Bonchev–Trinajstić information content (AvgIpc) is 2.56. The van der Waals surface area contributed by atoms with Gasteiger partial charge in [0.05, 0.1) is 0 Å². The minimum absolute atomic E-state index is 0.183. The van der Waals surface area contributed by atoms with E-state index in [0.29, 0.717) is 6.04 Å². The van der Waals surface area contributed by atoms with Crippen molar-refractivity contribution >= 4 is 11.8 Å². The number of hydrogen-bond donors (Lipinski definition) is 0. The molecular weight excluding hydrogens is 312 g/mol. The van der Waals surface area contributed by atoms with Gasteiger partial charge < -0.3 is 0 Å². The number of thioether (sulfide) groups is 1. The quantitative estimate of drug-likeness (QED) is 0.664. The van der Waals surface area contributed by atoms with Crippen LogP contribution in [0.3, 0.4) is 0 Å². The fourth-order valence-corrected chi connectivity index (χ4v) is 4.40. The van der Waals surface area contributed by atoms with E-state index in [9.17, 15) is 0 Å². The first kappa shape index (κ1) is 17.5. The van der Waals surface area contributed by atoms with Gasteiger partial charge in [0.1, 0.15) is 5.03 Å². The second-order valence-electron chi connectivity index (χ2n) is 7.58. The van der Waals surface area contributed by atoms with E-state index in [1.807, 2.05) is 18.0 Å². The van der Waals surface area contributed by atoms with Gasteiger partial charge in [-0.2, -0.15) is 0 Å². The predicted octanol–water partition coefficient (Wildman–Crippen LogP) is 5.70. The molecule has 0 bridgehead atoms. The molecule has 1 aromatic carbocycles. The predicted molar refractivity (Wildman–Crippen MR) is 103 cm³/mol. The van der Waals surface area contributed by atoms with Crippen molar-refractivity contribution in [3.63, 3.8) is 0 Å². The van der Waals surface area contributed by atoms with Crippen LogP contribution in [0.5, 0.6) is 0 Å². The van der Waals surface area contributed by atoms with E-state index >= 15 is 0 Å². The molecule has 0 saturated carbocycles. The maximum absolute atomic E-state index is 4.72. The number of rotatable bonds is 4. The molecule has 0 radical (unpaired) electrons. The van der Waals surface area contributed by atoms with Crippen LogP contribution in [0.2, 0.25) is 0 Å². The number of aromatic nitrogens is 1. The summed E-state index contributed by atoms with van der Waals surface area (Å²) in [5, 5.41) is 1.20. The molecule has 1 aliphatic heterocycles. The van der Waals surface area contributed by atoms with Gasteiger partial charge in [-0.15, -0.1) is 11.8 Å². The van der Waals surface area contributed by atoms with Crippen LogP contribution in [-0.2, 0) is 6.54 Å². The van der Waals surface area contributed by atoms with E-state index in [0.717, 1.165) is 6.54 Å². The molecule has 24 heavy (non-hydrogen) atoms. The summed E-state index contributed by atoms with van der Waals surface area (Å²) in [5.74, 6) is 0. The van der Waals surface area contributed by atoms with Crippen molar-refractivity contribution in [2.45, 2.75) is 62.4 Å². The van der Waals surface area contributed by atoms with Crippen LogP contribution in [0.25, 0.3) is 0 Å². The van der Waals surface area contributed by atoms with Crippen LogP contribution in [0.4, 0.5) is 0 Å². The molecule has 3 rings (SSSR count). The highest BCUT2D eigenvalue weighted by molar-refractivity contribution is 8.00. The maximum Gasteiger partial charge on any atom is 0.101 e. The van der Waals surface area contributed by atoms with E-state index in [-0.39, 0.29) is 4.75 Å². The van der Waals surface area contributed by atoms with Gasteiger partial charge in [-0.25, -0.2) is 4.98 Å². The summed E-state index contributed by atoms with van der Waals surface area (Å²) in [4.78, 5) is 7.36. The van der Waals surface area contributed by atoms with Crippen LogP contribution in [-0.4, -0.2) is 21.2 Å². The summed E-state index contributed by atoms with van der Waals surface area (Å²) in [6, 6.07) is 15.7. The van der Waals surface area contributed by atoms with Crippen molar-refractivity contribution in [1.82, 2.24) is 9.88 Å². The average molecular weight is 341 g/mol. The first-order chi connectivity index (χ1) is 11.5. The van der Waals surface area contributed by atoms with Gasteiger partial charge in [0.15, 0.2) is 0 Å². The van der Waals surface area contributed by atoms with Crippen molar-refractivity contribution in [1.29, 1.82) is 0 Å². The van der Waals surface area contributed by atoms with Gasteiger partial charge in [-0.05, 0) is 31.0 Å². The third-order valence-electron chi connectivity index (χ3n) is 4.40. The van der Waals surface area contributed by atoms with E-state index in [1.54, 1.807) is 0 Å². The third kappa shape index (κ3) is 4.61. The molecule has 1 aromatic heterocycles. The standard InChI is InChI=1S/C21H28N2S/c1-21(2,3)24-20-18(12-9-14-22-20)19-13-7-8-15-23(19)16-17-10-5-4-6-11-17/h4-6,9-12,14,19H,7-8,13,15-16H2,1-3H3/t19-/m1/s1. The van der Waals surface area contributed by atoms with Crippen LogP contribution in [0.15, 0.2) is 53.7 Å². The van der Waals surface area contributed by atoms with Gasteiger partial charge in [-0.1, -0.05) is 63.6 Å². The largest absolute Gasteiger partial charge is 0.292 e. The van der Waals surface area contributed by atoms with Gasteiger partial charge >= 0.3 is 0 Å². The summed E-state index contributed by atoms with van der Waals surface area (Å²) < 4.78 is 0.183. The molecule has 0 amide bonds. The lowest BCUT2D eigenvalue weighted by molar-refractivity contribution is 0.138. The molecule has 128 valence electrons. The Kier molecular flexibility index (Phi) is 5.62. The number of nitrogens with zero attached hydrogens (tertiary/aromatic N) is 2. The number of hydrogen-bond acceptors (Lipinski definition) is 3. The maximum atomic E-state index is 4.72. The van der Waals surface area contributed by atoms with Gasteiger partial charge in [-0.3, -0.25) is 4.90 Å². The fraction of sp³-hybridized carbons (Fsp3) is 0.476. The molecule has 1 aliphatic rings. The molecule has 0 N–H and O–H groups in total. The molecule has 1 atom stereocenters. The molecule has 0 aliphatic carbocycles. The number of pyridine rings is 1. The van der Waals surface area contributed by atoms with Crippen LogP contribution in [0.1, 0.15) is 57.2 Å². The molecule has 2 nitrogen and oxygen atoms in total. The Morgan fingerprint density at radius 1 is 1.08 bits per heavy atom. The summed E-state index contributed by atoms with van der Waals surface area (Å²) in [5.41, 5.74) is 2.81. The number of benzene rings is 1. The van der Waals surface area contributed by atoms with Crippen molar-refractivity contribution in [3.05, 3.63) is 59.8 Å². The third-order valence-corrected chi connectivity index (χ3v) is 5.55. The lowest BCUT2D eigenvalue weighted by atomic mass is 9.95. The molecule has 3 heteroatoms. The van der Waals surface area contributed by atoms with Crippen LogP contribution in [0, 0.1) is 0 Å². The van der Waals surface area contributed by atoms with Crippen molar-refractivity contribution in [2.75, 3.05) is 6.54 Å². The van der Waals surface area contributed by atoms with E-state index in [1.165, 1.54) is 42.0 Å². The zero-order valence-corrected chi connectivity index (χ0v) is 15.9. The van der Waals surface area contributed by atoms with Crippen LogP contribution < -0.4 is 0 Å². The first-order valence-electron chi connectivity index (χ1n) is 8.95. The Balaban J connectivity index is 1.85. The second-order valence-corrected chi connectivity index (χ2v) is 9.40. The monoisotopic (exact) mass is 340 g/mol. The normalized spacial score (nSPS) is 19.4.